The topological polar surface area (TPSA) is 44.5 Å². The first-order chi connectivity index (χ1) is 10.0. The second-order valence-electron chi connectivity index (χ2n) is 5.35. The number of hydrogen-bond donors (Lipinski definition) is 1. The summed E-state index contributed by atoms with van der Waals surface area (Å²) in [6.45, 7) is 6.69. The van der Waals surface area contributed by atoms with Crippen molar-refractivity contribution >= 4 is 0 Å². The van der Waals surface area contributed by atoms with Gasteiger partial charge in [-0.2, -0.15) is 0 Å². The molecule has 0 spiro atoms. The van der Waals surface area contributed by atoms with Crippen LogP contribution in [0.4, 0.5) is 0 Å². The van der Waals surface area contributed by atoms with Crippen LogP contribution in [0.25, 0.3) is 0 Å². The maximum Gasteiger partial charge on any atom is 0.128 e. The standard InChI is InChI=1S/C18H23NO2/c1-12-6-5-7-13(2)17(12)11-21-18-10-15(20-4)8-9-16(18)14(3)19/h5-10,14H,11,19H2,1-4H3/t14-/m0/s1. The number of ether oxygens (including phenoxy) is 2. The van der Waals surface area contributed by atoms with Crippen LogP contribution in [0.5, 0.6) is 11.5 Å². The van der Waals surface area contributed by atoms with Gasteiger partial charge in [0, 0.05) is 17.7 Å². The van der Waals surface area contributed by atoms with Crippen LogP contribution in [0.3, 0.4) is 0 Å². The van der Waals surface area contributed by atoms with Crippen molar-refractivity contribution in [3.8, 4) is 11.5 Å². The Morgan fingerprint density at radius 1 is 1.10 bits per heavy atom. The van der Waals surface area contributed by atoms with Gasteiger partial charge < -0.3 is 15.2 Å². The van der Waals surface area contributed by atoms with Gasteiger partial charge >= 0.3 is 0 Å². The molecule has 3 heteroatoms. The quantitative estimate of drug-likeness (QED) is 0.905. The predicted molar refractivity (Wildman–Crippen MR) is 85.8 cm³/mol. The van der Waals surface area contributed by atoms with Gasteiger partial charge in [-0.05, 0) is 43.5 Å². The van der Waals surface area contributed by atoms with Crippen LogP contribution in [-0.2, 0) is 6.61 Å². The summed E-state index contributed by atoms with van der Waals surface area (Å²) in [5.41, 5.74) is 10.7. The van der Waals surface area contributed by atoms with Crippen LogP contribution in [0, 0.1) is 13.8 Å². The maximum atomic E-state index is 6.03. The molecule has 0 saturated heterocycles. The lowest BCUT2D eigenvalue weighted by atomic mass is 10.0. The molecular formula is C18H23NO2. The number of benzene rings is 2. The first-order valence-corrected chi connectivity index (χ1v) is 7.14. The molecule has 0 aliphatic carbocycles. The minimum atomic E-state index is -0.0797. The molecular weight excluding hydrogens is 262 g/mol. The first-order valence-electron chi connectivity index (χ1n) is 7.14. The van der Waals surface area contributed by atoms with E-state index in [0.717, 1.165) is 17.1 Å². The van der Waals surface area contributed by atoms with Crippen molar-refractivity contribution in [1.82, 2.24) is 0 Å². The van der Waals surface area contributed by atoms with E-state index in [4.69, 9.17) is 15.2 Å². The second kappa shape index (κ2) is 6.64. The lowest BCUT2D eigenvalue weighted by molar-refractivity contribution is 0.297. The van der Waals surface area contributed by atoms with Crippen molar-refractivity contribution in [3.63, 3.8) is 0 Å². The highest BCUT2D eigenvalue weighted by atomic mass is 16.5. The summed E-state index contributed by atoms with van der Waals surface area (Å²) in [5.74, 6) is 1.56. The van der Waals surface area contributed by atoms with Crippen molar-refractivity contribution in [2.24, 2.45) is 5.73 Å². The highest BCUT2D eigenvalue weighted by molar-refractivity contribution is 5.43. The molecule has 2 N–H and O–H groups in total. The molecule has 2 aromatic carbocycles. The van der Waals surface area contributed by atoms with Crippen molar-refractivity contribution < 1.29 is 9.47 Å². The molecule has 2 aromatic rings. The fourth-order valence-corrected chi connectivity index (χ4v) is 2.37. The Morgan fingerprint density at radius 2 is 1.76 bits per heavy atom. The van der Waals surface area contributed by atoms with E-state index in [-0.39, 0.29) is 6.04 Å². The zero-order valence-electron chi connectivity index (χ0n) is 13.1. The number of methoxy groups -OCH3 is 1. The summed E-state index contributed by atoms with van der Waals surface area (Å²) in [6.07, 6.45) is 0. The number of hydrogen-bond acceptors (Lipinski definition) is 3. The molecule has 0 fully saturated rings. The highest BCUT2D eigenvalue weighted by Gasteiger charge is 2.11. The fraction of sp³-hybridized carbons (Fsp3) is 0.333. The molecule has 0 heterocycles. The lowest BCUT2D eigenvalue weighted by Gasteiger charge is -2.17. The van der Waals surface area contributed by atoms with Gasteiger partial charge in [-0.1, -0.05) is 24.3 Å². The third-order valence-corrected chi connectivity index (χ3v) is 3.73. The van der Waals surface area contributed by atoms with Crippen LogP contribution in [-0.4, -0.2) is 7.11 Å². The molecule has 0 radical (unpaired) electrons. The van der Waals surface area contributed by atoms with Crippen molar-refractivity contribution in [3.05, 3.63) is 58.7 Å². The SMILES string of the molecule is COc1ccc([C@H](C)N)c(OCc2c(C)cccc2C)c1. The molecule has 0 aliphatic heterocycles. The Balaban J connectivity index is 2.26. The molecule has 1 atom stereocenters. The summed E-state index contributed by atoms with van der Waals surface area (Å²) >= 11 is 0. The summed E-state index contributed by atoms with van der Waals surface area (Å²) in [5, 5.41) is 0. The summed E-state index contributed by atoms with van der Waals surface area (Å²) in [4.78, 5) is 0. The van der Waals surface area contributed by atoms with Crippen LogP contribution >= 0.6 is 0 Å². The van der Waals surface area contributed by atoms with E-state index >= 15 is 0 Å². The number of aryl methyl sites for hydroxylation is 2. The van der Waals surface area contributed by atoms with Gasteiger partial charge in [0.1, 0.15) is 18.1 Å². The van der Waals surface area contributed by atoms with Crippen LogP contribution in [0.15, 0.2) is 36.4 Å². The monoisotopic (exact) mass is 285 g/mol. The Labute approximate surface area is 126 Å². The average Bonchev–Trinajstić information content (AvgIpc) is 2.46. The summed E-state index contributed by atoms with van der Waals surface area (Å²) in [6, 6.07) is 11.9. The Hall–Kier alpha value is -2.00. The van der Waals surface area contributed by atoms with E-state index in [1.54, 1.807) is 7.11 Å². The summed E-state index contributed by atoms with van der Waals surface area (Å²) in [7, 11) is 1.65. The molecule has 2 rings (SSSR count). The van der Waals surface area contributed by atoms with E-state index in [9.17, 15) is 0 Å². The average molecular weight is 285 g/mol. The molecule has 3 nitrogen and oxygen atoms in total. The second-order valence-corrected chi connectivity index (χ2v) is 5.35. The van der Waals surface area contributed by atoms with Gasteiger partial charge in [0.15, 0.2) is 0 Å². The van der Waals surface area contributed by atoms with Crippen LogP contribution in [0.1, 0.15) is 35.2 Å². The maximum absolute atomic E-state index is 6.03. The fourth-order valence-electron chi connectivity index (χ4n) is 2.37. The van der Waals surface area contributed by atoms with E-state index in [1.165, 1.54) is 16.7 Å². The van der Waals surface area contributed by atoms with Crippen LogP contribution in [0.2, 0.25) is 0 Å². The normalized spacial score (nSPS) is 12.0. The molecule has 112 valence electrons. The zero-order valence-corrected chi connectivity index (χ0v) is 13.1. The first kappa shape index (κ1) is 15.4. The van der Waals surface area contributed by atoms with Gasteiger partial charge in [0.2, 0.25) is 0 Å². The molecule has 0 unspecified atom stereocenters. The van der Waals surface area contributed by atoms with Crippen LogP contribution < -0.4 is 15.2 Å². The molecule has 0 amide bonds. The lowest BCUT2D eigenvalue weighted by Crippen LogP contribution is -2.09. The van der Waals surface area contributed by atoms with Gasteiger partial charge in [0.05, 0.1) is 7.11 Å². The minimum Gasteiger partial charge on any atom is -0.497 e. The summed E-state index contributed by atoms with van der Waals surface area (Å²) < 4.78 is 11.3. The highest BCUT2D eigenvalue weighted by Crippen LogP contribution is 2.29. The van der Waals surface area contributed by atoms with Gasteiger partial charge in [-0.25, -0.2) is 0 Å². The van der Waals surface area contributed by atoms with Gasteiger partial charge in [0.25, 0.3) is 0 Å². The van der Waals surface area contributed by atoms with Crippen molar-refractivity contribution in [2.45, 2.75) is 33.4 Å². The van der Waals surface area contributed by atoms with Crippen molar-refractivity contribution in [2.75, 3.05) is 7.11 Å². The molecule has 0 aliphatic rings. The van der Waals surface area contributed by atoms with E-state index in [0.29, 0.717) is 6.61 Å². The van der Waals surface area contributed by atoms with Crippen molar-refractivity contribution in [1.29, 1.82) is 0 Å². The third-order valence-electron chi connectivity index (χ3n) is 3.73. The Kier molecular flexibility index (Phi) is 4.86. The number of rotatable bonds is 5. The smallest absolute Gasteiger partial charge is 0.128 e. The predicted octanol–water partition coefficient (Wildman–Crippen LogP) is 3.91. The minimum absolute atomic E-state index is 0.0797. The molecule has 21 heavy (non-hydrogen) atoms. The Bertz CT molecular complexity index is 600. The third kappa shape index (κ3) is 3.56. The number of nitrogens with two attached hydrogens (primary N) is 1. The van der Waals surface area contributed by atoms with Gasteiger partial charge in [-0.3, -0.25) is 0 Å². The molecule has 0 aromatic heterocycles. The van der Waals surface area contributed by atoms with E-state index < -0.39 is 0 Å². The van der Waals surface area contributed by atoms with E-state index in [2.05, 4.69) is 32.0 Å². The van der Waals surface area contributed by atoms with Gasteiger partial charge in [-0.15, -0.1) is 0 Å². The van der Waals surface area contributed by atoms with E-state index in [1.807, 2.05) is 25.1 Å². The Morgan fingerprint density at radius 3 is 2.33 bits per heavy atom. The largest absolute Gasteiger partial charge is 0.497 e. The molecule has 0 saturated carbocycles. The molecule has 0 bridgehead atoms. The zero-order chi connectivity index (χ0) is 15.4.